The van der Waals surface area contributed by atoms with Crippen molar-refractivity contribution in [3.63, 3.8) is 0 Å². The number of nitriles is 1. The fraction of sp³-hybridized carbons (Fsp3) is 0.440. The minimum atomic E-state index is -0.248. The van der Waals surface area contributed by atoms with Gasteiger partial charge in [-0.2, -0.15) is 5.26 Å². The lowest BCUT2D eigenvalue weighted by Crippen LogP contribution is -2.48. The minimum absolute atomic E-state index is 0.142. The molecule has 3 fully saturated rings. The first-order valence-corrected chi connectivity index (χ1v) is 12.1. The quantitative estimate of drug-likeness (QED) is 0.529. The second kappa shape index (κ2) is 7.88. The third kappa shape index (κ3) is 3.64. The van der Waals surface area contributed by atoms with Crippen LogP contribution < -0.4 is 5.32 Å². The van der Waals surface area contributed by atoms with E-state index in [-0.39, 0.29) is 29.8 Å². The maximum absolute atomic E-state index is 12.8. The van der Waals surface area contributed by atoms with Crippen molar-refractivity contribution in [1.29, 1.82) is 5.26 Å². The van der Waals surface area contributed by atoms with E-state index in [0.29, 0.717) is 22.1 Å². The molecule has 2 saturated heterocycles. The van der Waals surface area contributed by atoms with Crippen molar-refractivity contribution >= 4 is 40.2 Å². The SMILES string of the molecule is CC1(OC(=O)N2[C@H]3CC[C@H]2CC(n2ccc4c(Nc5ccc(C#N)cc5Cl)ncnc42)C3)CC1. The van der Waals surface area contributed by atoms with Gasteiger partial charge in [0.2, 0.25) is 0 Å². The predicted octanol–water partition coefficient (Wildman–Crippen LogP) is 5.56. The highest BCUT2D eigenvalue weighted by atomic mass is 35.5. The number of carbonyl (C=O) groups excluding carboxylic acids is 1. The van der Waals surface area contributed by atoms with Gasteiger partial charge in [0.15, 0.2) is 0 Å². The van der Waals surface area contributed by atoms with Gasteiger partial charge in [-0.3, -0.25) is 0 Å². The molecule has 1 saturated carbocycles. The third-order valence-electron chi connectivity index (χ3n) is 7.46. The van der Waals surface area contributed by atoms with Crippen LogP contribution in [0, 0.1) is 11.3 Å². The van der Waals surface area contributed by atoms with Crippen LogP contribution in [0.25, 0.3) is 11.0 Å². The number of hydrogen-bond acceptors (Lipinski definition) is 6. The fourth-order valence-electron chi connectivity index (χ4n) is 5.39. The van der Waals surface area contributed by atoms with Crippen LogP contribution in [-0.2, 0) is 4.74 Å². The smallest absolute Gasteiger partial charge is 0.410 e. The summed E-state index contributed by atoms with van der Waals surface area (Å²) in [4.78, 5) is 23.9. The Morgan fingerprint density at radius 1 is 1.21 bits per heavy atom. The van der Waals surface area contributed by atoms with Gasteiger partial charge in [-0.25, -0.2) is 14.8 Å². The van der Waals surface area contributed by atoms with Gasteiger partial charge in [0.05, 0.1) is 27.7 Å². The number of amides is 1. The Morgan fingerprint density at radius 2 is 1.97 bits per heavy atom. The van der Waals surface area contributed by atoms with Gasteiger partial charge in [-0.1, -0.05) is 11.6 Å². The van der Waals surface area contributed by atoms with Crippen molar-refractivity contribution in [3.8, 4) is 6.07 Å². The first-order chi connectivity index (χ1) is 16.4. The Balaban J connectivity index is 1.24. The average molecular weight is 477 g/mol. The maximum Gasteiger partial charge on any atom is 0.410 e. The van der Waals surface area contributed by atoms with E-state index in [1.165, 1.54) is 0 Å². The first kappa shape index (κ1) is 21.2. The summed E-state index contributed by atoms with van der Waals surface area (Å²) in [7, 11) is 0. The lowest BCUT2D eigenvalue weighted by Gasteiger charge is -2.39. The van der Waals surface area contributed by atoms with Gasteiger partial charge < -0.3 is 19.5 Å². The lowest BCUT2D eigenvalue weighted by molar-refractivity contribution is 0.0285. The van der Waals surface area contributed by atoms with Gasteiger partial charge in [-0.05, 0) is 69.7 Å². The molecule has 6 rings (SSSR count). The highest BCUT2D eigenvalue weighted by Gasteiger charge is 2.48. The van der Waals surface area contributed by atoms with Crippen molar-refractivity contribution in [2.75, 3.05) is 5.32 Å². The molecule has 3 aliphatic rings. The molecule has 1 amide bonds. The molecular formula is C25H25ClN6O2. The standard InChI is InChI=1S/C25H25ClN6O2/c1-25(7-8-25)34-24(33)32-16-3-4-17(32)12-18(11-16)31-9-6-19-22(28-14-29-23(19)31)30-21-5-2-15(13-27)10-20(21)26/h2,5-6,9-10,14,16-18H,3-4,7-8,11-12H2,1H3,(H,28,29,30)/t16-,17-/m0/s1. The van der Waals surface area contributed by atoms with Crippen LogP contribution in [0.2, 0.25) is 5.02 Å². The molecule has 174 valence electrons. The highest BCUT2D eigenvalue weighted by Crippen LogP contribution is 2.45. The summed E-state index contributed by atoms with van der Waals surface area (Å²) in [5, 5.41) is 13.7. The Labute approximate surface area is 202 Å². The number of hydrogen-bond donors (Lipinski definition) is 1. The molecule has 0 spiro atoms. The zero-order valence-electron chi connectivity index (χ0n) is 18.9. The largest absolute Gasteiger partial charge is 0.443 e. The van der Waals surface area contributed by atoms with Crippen LogP contribution >= 0.6 is 11.6 Å². The van der Waals surface area contributed by atoms with Gasteiger partial charge in [0.25, 0.3) is 0 Å². The molecular weight excluding hydrogens is 452 g/mol. The van der Waals surface area contributed by atoms with Crippen molar-refractivity contribution < 1.29 is 9.53 Å². The van der Waals surface area contributed by atoms with Crippen LogP contribution in [0.4, 0.5) is 16.3 Å². The minimum Gasteiger partial charge on any atom is -0.443 e. The van der Waals surface area contributed by atoms with Gasteiger partial charge in [0, 0.05) is 24.3 Å². The fourth-order valence-corrected chi connectivity index (χ4v) is 5.62. The number of rotatable bonds is 4. The van der Waals surface area contributed by atoms with Crippen LogP contribution in [-0.4, -0.2) is 43.2 Å². The molecule has 8 nitrogen and oxygen atoms in total. The molecule has 2 aliphatic heterocycles. The molecule has 34 heavy (non-hydrogen) atoms. The summed E-state index contributed by atoms with van der Waals surface area (Å²) in [6.45, 7) is 2.02. The van der Waals surface area contributed by atoms with E-state index in [1.54, 1.807) is 24.5 Å². The van der Waals surface area contributed by atoms with Gasteiger partial charge in [-0.15, -0.1) is 0 Å². The number of nitrogens with zero attached hydrogens (tertiary/aromatic N) is 5. The Kier molecular flexibility index (Phi) is 4.92. The lowest BCUT2D eigenvalue weighted by atomic mass is 9.97. The number of aromatic nitrogens is 3. The van der Waals surface area contributed by atoms with Crippen LogP contribution in [0.15, 0.2) is 36.8 Å². The van der Waals surface area contributed by atoms with Crippen molar-refractivity contribution in [2.45, 2.75) is 69.2 Å². The molecule has 9 heteroatoms. The Hall–Kier alpha value is -3.31. The monoisotopic (exact) mass is 476 g/mol. The number of fused-ring (bicyclic) bond motifs is 3. The van der Waals surface area contributed by atoms with Crippen LogP contribution in [0.1, 0.15) is 57.1 Å². The number of piperidine rings is 1. The Morgan fingerprint density at radius 3 is 2.65 bits per heavy atom. The van der Waals surface area contributed by atoms with Crippen molar-refractivity contribution in [1.82, 2.24) is 19.4 Å². The van der Waals surface area contributed by atoms with E-state index in [0.717, 1.165) is 49.6 Å². The molecule has 2 aromatic heterocycles. The molecule has 4 heterocycles. The summed E-state index contributed by atoms with van der Waals surface area (Å²) in [6, 6.07) is 9.90. The molecule has 1 aliphatic carbocycles. The number of carbonyl (C=O) groups is 1. The van der Waals surface area contributed by atoms with E-state index in [2.05, 4.69) is 32.1 Å². The normalized spacial score (nSPS) is 24.6. The summed E-state index contributed by atoms with van der Waals surface area (Å²) in [5.74, 6) is 0.664. The number of halogens is 1. The second-order valence-electron chi connectivity index (χ2n) is 9.85. The maximum atomic E-state index is 12.8. The summed E-state index contributed by atoms with van der Waals surface area (Å²) in [6.07, 6.45) is 9.21. The van der Waals surface area contributed by atoms with Gasteiger partial charge >= 0.3 is 6.09 Å². The number of ether oxygens (including phenoxy) is 1. The van der Waals surface area contributed by atoms with E-state index < -0.39 is 0 Å². The summed E-state index contributed by atoms with van der Waals surface area (Å²) in [5.41, 5.74) is 1.80. The molecule has 0 unspecified atom stereocenters. The second-order valence-corrected chi connectivity index (χ2v) is 10.3. The summed E-state index contributed by atoms with van der Waals surface area (Å²) < 4.78 is 8.01. The molecule has 2 bridgehead atoms. The zero-order valence-corrected chi connectivity index (χ0v) is 19.6. The van der Waals surface area contributed by atoms with E-state index in [9.17, 15) is 4.79 Å². The Bertz CT molecular complexity index is 1310. The molecule has 1 N–H and O–H groups in total. The van der Waals surface area contributed by atoms with Crippen molar-refractivity contribution in [2.24, 2.45) is 0 Å². The first-order valence-electron chi connectivity index (χ1n) is 11.7. The number of anilines is 2. The highest BCUT2D eigenvalue weighted by molar-refractivity contribution is 6.33. The molecule has 0 radical (unpaired) electrons. The van der Waals surface area contributed by atoms with Gasteiger partial charge in [0.1, 0.15) is 23.4 Å². The predicted molar refractivity (Wildman–Crippen MR) is 128 cm³/mol. The molecule has 3 aromatic rings. The van der Waals surface area contributed by atoms with E-state index in [1.807, 2.05) is 17.9 Å². The van der Waals surface area contributed by atoms with Crippen LogP contribution in [0.3, 0.4) is 0 Å². The average Bonchev–Trinajstić information content (AvgIpc) is 3.27. The topological polar surface area (TPSA) is 96.1 Å². The molecule has 2 atom stereocenters. The summed E-state index contributed by atoms with van der Waals surface area (Å²) >= 11 is 6.35. The number of nitrogens with one attached hydrogen (secondary N) is 1. The van der Waals surface area contributed by atoms with Crippen molar-refractivity contribution in [3.05, 3.63) is 47.4 Å². The zero-order chi connectivity index (χ0) is 23.4. The molecule has 1 aromatic carbocycles. The number of benzene rings is 1. The van der Waals surface area contributed by atoms with Crippen LogP contribution in [0.5, 0.6) is 0 Å². The van der Waals surface area contributed by atoms with E-state index in [4.69, 9.17) is 21.6 Å². The third-order valence-corrected chi connectivity index (χ3v) is 7.77. The van der Waals surface area contributed by atoms with E-state index >= 15 is 0 Å².